The van der Waals surface area contributed by atoms with E-state index in [2.05, 4.69) is 83.8 Å². The van der Waals surface area contributed by atoms with Crippen LogP contribution in [0.5, 0.6) is 0 Å². The number of aliphatic hydroxyl groups is 1. The molecule has 1 nitrogen and oxygen atoms in total. The van der Waals surface area contributed by atoms with Gasteiger partial charge in [-0.05, 0) is 110 Å². The number of thioether (sulfide) groups is 1. The Morgan fingerprint density at radius 3 is 2.58 bits per heavy atom. The zero-order valence-corrected chi connectivity index (χ0v) is 24.7. The number of halogens is 2. The molecule has 0 amide bonds. The van der Waals surface area contributed by atoms with E-state index >= 15 is 0 Å². The summed E-state index contributed by atoms with van der Waals surface area (Å²) in [4.78, 5) is 0. The fraction of sp³-hybridized carbons (Fsp3) is 0.852. The Bertz CT molecular complexity index is 782. The molecular formula is C27H40I2OS. The number of fused-ring (bicyclic) bond motifs is 4. The normalized spacial score (nSPS) is 43.7. The fourth-order valence-electron chi connectivity index (χ4n) is 8.04. The van der Waals surface area contributed by atoms with E-state index in [1.54, 1.807) is 11.1 Å². The van der Waals surface area contributed by atoms with Gasteiger partial charge in [-0.15, -0.1) is 0 Å². The summed E-state index contributed by atoms with van der Waals surface area (Å²) in [5.74, 6) is 5.12. The van der Waals surface area contributed by atoms with Crippen LogP contribution < -0.4 is 0 Å². The van der Waals surface area contributed by atoms with Crippen molar-refractivity contribution < 1.29 is 5.11 Å². The summed E-state index contributed by atoms with van der Waals surface area (Å²) in [6.45, 7) is 7.30. The van der Waals surface area contributed by atoms with Gasteiger partial charge in [0.2, 0.25) is 0 Å². The van der Waals surface area contributed by atoms with Gasteiger partial charge in [0.1, 0.15) is 0 Å². The Balaban J connectivity index is 1.40. The highest BCUT2D eigenvalue weighted by Gasteiger charge is 2.59. The molecule has 174 valence electrons. The Morgan fingerprint density at radius 1 is 1.10 bits per heavy atom. The van der Waals surface area contributed by atoms with Crippen LogP contribution in [0.2, 0.25) is 0 Å². The van der Waals surface area contributed by atoms with Crippen LogP contribution in [0.1, 0.15) is 85.0 Å². The lowest BCUT2D eigenvalue weighted by Crippen LogP contribution is -2.50. The molecule has 1 aliphatic heterocycles. The molecule has 4 heteroatoms. The molecule has 1 N–H and O–H groups in total. The number of hydrogen-bond acceptors (Lipinski definition) is 2. The molecule has 31 heavy (non-hydrogen) atoms. The van der Waals surface area contributed by atoms with Crippen LogP contribution in [0.4, 0.5) is 0 Å². The first-order valence-corrected chi connectivity index (χ1v) is 16.2. The van der Waals surface area contributed by atoms with Gasteiger partial charge in [-0.3, -0.25) is 0 Å². The second-order valence-electron chi connectivity index (χ2n) is 11.9. The summed E-state index contributed by atoms with van der Waals surface area (Å²) in [7, 11) is 0. The summed E-state index contributed by atoms with van der Waals surface area (Å²) in [6, 6.07) is 0. The van der Waals surface area contributed by atoms with Crippen LogP contribution in [0.15, 0.2) is 22.8 Å². The second kappa shape index (κ2) is 8.72. The second-order valence-corrected chi connectivity index (χ2v) is 16.6. The third-order valence-electron chi connectivity index (χ3n) is 10.3. The molecule has 1 saturated heterocycles. The first-order chi connectivity index (χ1) is 14.7. The van der Waals surface area contributed by atoms with Crippen LogP contribution in [0.3, 0.4) is 0 Å². The van der Waals surface area contributed by atoms with Crippen molar-refractivity contribution >= 4 is 56.9 Å². The summed E-state index contributed by atoms with van der Waals surface area (Å²) < 4.78 is 1.14. The molecule has 4 aliphatic carbocycles. The maximum Gasteiger partial charge on any atom is 0.0594 e. The molecule has 0 aromatic heterocycles. The van der Waals surface area contributed by atoms with Crippen molar-refractivity contribution in [2.24, 2.45) is 28.6 Å². The molecule has 0 bridgehead atoms. The molecule has 6 atom stereocenters. The van der Waals surface area contributed by atoms with E-state index in [1.165, 1.54) is 69.3 Å². The van der Waals surface area contributed by atoms with E-state index in [1.807, 2.05) is 5.57 Å². The predicted octanol–water partition coefficient (Wildman–Crippen LogP) is 8.13. The molecule has 0 radical (unpaired) electrons. The Hall–Kier alpha value is 1.25. The van der Waals surface area contributed by atoms with Crippen molar-refractivity contribution in [3.63, 3.8) is 0 Å². The van der Waals surface area contributed by atoms with Gasteiger partial charge in [0.25, 0.3) is 0 Å². The van der Waals surface area contributed by atoms with E-state index in [0.29, 0.717) is 14.8 Å². The minimum atomic E-state index is -0.115. The van der Waals surface area contributed by atoms with Crippen molar-refractivity contribution in [3.8, 4) is 0 Å². The molecule has 0 spiro atoms. The van der Waals surface area contributed by atoms with Crippen LogP contribution in [0, 0.1) is 28.6 Å². The van der Waals surface area contributed by atoms with Crippen molar-refractivity contribution in [1.82, 2.24) is 0 Å². The Morgan fingerprint density at radius 2 is 1.84 bits per heavy atom. The van der Waals surface area contributed by atoms with Gasteiger partial charge in [-0.1, -0.05) is 77.6 Å². The highest BCUT2D eigenvalue weighted by atomic mass is 127. The fourth-order valence-corrected chi connectivity index (χ4v) is 11.9. The highest BCUT2D eigenvalue weighted by molar-refractivity contribution is 14.1. The summed E-state index contributed by atoms with van der Waals surface area (Å²) in [6.07, 6.45) is 15.5. The molecule has 0 aromatic rings. The minimum absolute atomic E-state index is 0.0743. The molecule has 0 aromatic carbocycles. The molecular weight excluding hydrogens is 626 g/mol. The van der Waals surface area contributed by atoms with E-state index in [4.69, 9.17) is 0 Å². The monoisotopic (exact) mass is 666 g/mol. The Labute approximate surface area is 221 Å². The molecule has 1 unspecified atom stereocenters. The highest BCUT2D eigenvalue weighted by Crippen LogP contribution is 2.66. The van der Waals surface area contributed by atoms with E-state index in [0.717, 1.165) is 22.2 Å². The average molecular weight is 666 g/mol. The van der Waals surface area contributed by atoms with E-state index < -0.39 is 0 Å². The van der Waals surface area contributed by atoms with Gasteiger partial charge < -0.3 is 5.11 Å². The van der Waals surface area contributed by atoms with Gasteiger partial charge in [-0.25, -0.2) is 0 Å². The molecule has 5 aliphatic rings. The van der Waals surface area contributed by atoms with E-state index in [-0.39, 0.29) is 11.5 Å². The lowest BCUT2D eigenvalue weighted by atomic mass is 9.52. The summed E-state index contributed by atoms with van der Waals surface area (Å²) in [5, 5.41) is 10.7. The summed E-state index contributed by atoms with van der Waals surface area (Å²) >= 11 is 7.94. The third-order valence-corrected chi connectivity index (χ3v) is 16.5. The predicted molar refractivity (Wildman–Crippen MR) is 152 cm³/mol. The van der Waals surface area contributed by atoms with Crippen molar-refractivity contribution in [2.45, 2.75) is 98.4 Å². The number of allylic oxidation sites excluding steroid dienone is 4. The SMILES string of the molecule is CC1(C)[C@@H]2CCC3=C(CC[C@@]4(C)C3=CC[C@]4(I)[C@H](I)CC3CCSCC3)C2CC[C@@H]1O. The van der Waals surface area contributed by atoms with Crippen molar-refractivity contribution in [3.05, 3.63) is 22.8 Å². The minimum Gasteiger partial charge on any atom is -0.393 e. The molecule has 1 saturated carbocycles. The maximum atomic E-state index is 10.7. The summed E-state index contributed by atoms with van der Waals surface area (Å²) in [5.41, 5.74) is 5.77. The van der Waals surface area contributed by atoms with Crippen LogP contribution in [-0.2, 0) is 0 Å². The standard InChI is InChI=1S/C27H40I2OS/c1-25(2)21-6-4-20-18(19(21)5-7-24(25)30)8-12-26(3)22(20)9-13-27(26,29)23(28)16-17-10-14-31-15-11-17/h9,17,19,21,23-24,30H,4-8,10-16H2,1-3H3/t19?,21-,23-,24+,26+,27+/m1/s1. The van der Waals surface area contributed by atoms with Gasteiger partial charge in [0.15, 0.2) is 0 Å². The number of alkyl halides is 2. The largest absolute Gasteiger partial charge is 0.393 e. The molecule has 2 fully saturated rings. The Kier molecular flexibility index (Phi) is 6.75. The van der Waals surface area contributed by atoms with Crippen molar-refractivity contribution in [1.29, 1.82) is 0 Å². The van der Waals surface area contributed by atoms with Gasteiger partial charge in [0, 0.05) is 12.8 Å². The van der Waals surface area contributed by atoms with Crippen LogP contribution in [-0.4, -0.2) is 30.1 Å². The topological polar surface area (TPSA) is 20.2 Å². The zero-order chi connectivity index (χ0) is 22.0. The lowest BCUT2D eigenvalue weighted by molar-refractivity contribution is -0.0567. The van der Waals surface area contributed by atoms with Gasteiger partial charge in [0.05, 0.1) is 6.10 Å². The zero-order valence-electron chi connectivity index (χ0n) is 19.6. The number of rotatable bonds is 3. The number of hydrogen-bond donors (Lipinski definition) is 1. The van der Waals surface area contributed by atoms with Crippen LogP contribution >= 0.6 is 56.9 Å². The smallest absolute Gasteiger partial charge is 0.0594 e. The quantitative estimate of drug-likeness (QED) is 0.243. The van der Waals surface area contributed by atoms with Gasteiger partial charge in [-0.2, -0.15) is 11.8 Å². The van der Waals surface area contributed by atoms with Crippen molar-refractivity contribution in [2.75, 3.05) is 11.5 Å². The molecule has 5 rings (SSSR count). The first kappa shape index (κ1) is 24.0. The number of aliphatic hydroxyl groups excluding tert-OH is 1. The molecule has 1 heterocycles. The lowest BCUT2D eigenvalue weighted by Gasteiger charge is -2.55. The average Bonchev–Trinajstić information content (AvgIpc) is 3.03. The first-order valence-electron chi connectivity index (χ1n) is 12.7. The maximum absolute atomic E-state index is 10.7. The van der Waals surface area contributed by atoms with Crippen LogP contribution in [0.25, 0.3) is 0 Å². The van der Waals surface area contributed by atoms with E-state index in [9.17, 15) is 5.11 Å². The third kappa shape index (κ3) is 3.77. The van der Waals surface area contributed by atoms with Gasteiger partial charge >= 0.3 is 0 Å².